The number of pyridine rings is 1. The number of piperidine rings is 1. The molecule has 2 amide bonds. The number of para-hydroxylation sites is 1. The first-order chi connectivity index (χ1) is 13.7. The molecule has 1 aliphatic rings. The number of carbonyl (C=O) groups excluding carboxylic acids is 2. The molecule has 2 heterocycles. The van der Waals surface area contributed by atoms with Crippen LogP contribution in [-0.4, -0.2) is 47.9 Å². The van der Waals surface area contributed by atoms with Gasteiger partial charge in [0.15, 0.2) is 6.61 Å². The Hall–Kier alpha value is -2.89. The molecular weight excluding hydrogens is 354 g/mol. The van der Waals surface area contributed by atoms with Crippen molar-refractivity contribution in [1.29, 1.82) is 0 Å². The van der Waals surface area contributed by atoms with Gasteiger partial charge < -0.3 is 15.0 Å². The number of nitrogens with zero attached hydrogens (tertiary/aromatic N) is 2. The Labute approximate surface area is 165 Å². The highest BCUT2D eigenvalue weighted by atomic mass is 16.5. The minimum absolute atomic E-state index is 0.0232. The zero-order chi connectivity index (χ0) is 19.8. The van der Waals surface area contributed by atoms with Crippen LogP contribution < -0.4 is 10.1 Å². The summed E-state index contributed by atoms with van der Waals surface area (Å²) in [5.41, 5.74) is 1.72. The molecule has 0 aliphatic carbocycles. The molecule has 0 saturated carbocycles. The number of benzene rings is 1. The number of amides is 2. The average molecular weight is 381 g/mol. The molecule has 1 aromatic heterocycles. The van der Waals surface area contributed by atoms with Crippen LogP contribution in [0.5, 0.6) is 5.75 Å². The van der Waals surface area contributed by atoms with Crippen molar-refractivity contribution >= 4 is 11.8 Å². The van der Waals surface area contributed by atoms with Crippen LogP contribution in [0.3, 0.4) is 0 Å². The molecule has 148 valence electrons. The zero-order valence-corrected chi connectivity index (χ0v) is 16.3. The molecule has 0 unspecified atom stereocenters. The Bertz CT molecular complexity index is 787. The number of rotatable bonds is 7. The standard InChI is InChI=1S/C22H27N3O3/c1-2-18-6-3-4-8-20(18)28-16-21(26)24-14-17-9-12-25(13-10-17)22(27)19-7-5-11-23-15-19/h3-8,11,15,17H,2,9-10,12-14,16H2,1H3,(H,24,26). The van der Waals surface area contributed by atoms with Crippen LogP contribution in [0.2, 0.25) is 0 Å². The van der Waals surface area contributed by atoms with E-state index in [1.165, 1.54) is 0 Å². The fourth-order valence-corrected chi connectivity index (χ4v) is 3.40. The summed E-state index contributed by atoms with van der Waals surface area (Å²) in [7, 11) is 0. The maximum atomic E-state index is 12.4. The Balaban J connectivity index is 1.38. The van der Waals surface area contributed by atoms with E-state index in [1.807, 2.05) is 29.2 Å². The molecule has 1 N–H and O–H groups in total. The van der Waals surface area contributed by atoms with Crippen molar-refractivity contribution in [2.75, 3.05) is 26.2 Å². The smallest absolute Gasteiger partial charge is 0.257 e. The van der Waals surface area contributed by atoms with Crippen molar-refractivity contribution in [3.8, 4) is 5.75 Å². The molecule has 0 atom stereocenters. The van der Waals surface area contributed by atoms with Gasteiger partial charge >= 0.3 is 0 Å². The first-order valence-electron chi connectivity index (χ1n) is 9.84. The second kappa shape index (κ2) is 9.88. The minimum Gasteiger partial charge on any atom is -0.483 e. The van der Waals surface area contributed by atoms with Crippen LogP contribution in [0.25, 0.3) is 0 Å². The van der Waals surface area contributed by atoms with E-state index in [0.717, 1.165) is 30.6 Å². The SMILES string of the molecule is CCc1ccccc1OCC(=O)NCC1CCN(C(=O)c2cccnc2)CC1. The lowest BCUT2D eigenvalue weighted by molar-refractivity contribution is -0.123. The molecule has 6 nitrogen and oxygen atoms in total. The molecule has 1 saturated heterocycles. The van der Waals surface area contributed by atoms with E-state index >= 15 is 0 Å². The number of carbonyl (C=O) groups is 2. The van der Waals surface area contributed by atoms with Gasteiger partial charge in [0, 0.05) is 32.0 Å². The third kappa shape index (κ3) is 5.31. The quantitative estimate of drug-likeness (QED) is 0.800. The summed E-state index contributed by atoms with van der Waals surface area (Å²) in [6, 6.07) is 11.3. The fourth-order valence-electron chi connectivity index (χ4n) is 3.40. The van der Waals surface area contributed by atoms with Gasteiger partial charge in [0.25, 0.3) is 11.8 Å². The molecular formula is C22H27N3O3. The van der Waals surface area contributed by atoms with Gasteiger partial charge in [-0.05, 0) is 48.9 Å². The van der Waals surface area contributed by atoms with Crippen molar-refractivity contribution in [2.45, 2.75) is 26.2 Å². The number of likely N-dealkylation sites (tertiary alicyclic amines) is 1. The summed E-state index contributed by atoms with van der Waals surface area (Å²) < 4.78 is 5.66. The topological polar surface area (TPSA) is 71.5 Å². The Morgan fingerprint density at radius 3 is 2.68 bits per heavy atom. The number of hydrogen-bond donors (Lipinski definition) is 1. The summed E-state index contributed by atoms with van der Waals surface area (Å²) in [5.74, 6) is 1.06. The summed E-state index contributed by atoms with van der Waals surface area (Å²) in [4.78, 5) is 30.4. The highest BCUT2D eigenvalue weighted by molar-refractivity contribution is 5.93. The molecule has 0 spiro atoms. The van der Waals surface area contributed by atoms with Crippen molar-refractivity contribution < 1.29 is 14.3 Å². The fraction of sp³-hybridized carbons (Fsp3) is 0.409. The maximum absolute atomic E-state index is 12.4. The van der Waals surface area contributed by atoms with E-state index < -0.39 is 0 Å². The molecule has 1 fully saturated rings. The van der Waals surface area contributed by atoms with Gasteiger partial charge in [-0.15, -0.1) is 0 Å². The van der Waals surface area contributed by atoms with E-state index in [-0.39, 0.29) is 18.4 Å². The van der Waals surface area contributed by atoms with Gasteiger partial charge in [0.2, 0.25) is 0 Å². The molecule has 3 rings (SSSR count). The van der Waals surface area contributed by atoms with E-state index in [1.54, 1.807) is 24.5 Å². The van der Waals surface area contributed by atoms with Gasteiger partial charge in [-0.3, -0.25) is 14.6 Å². The van der Waals surface area contributed by atoms with E-state index in [0.29, 0.717) is 31.1 Å². The van der Waals surface area contributed by atoms with Crippen molar-refractivity contribution in [3.63, 3.8) is 0 Å². The van der Waals surface area contributed by atoms with Crippen LogP contribution in [0.15, 0.2) is 48.8 Å². The van der Waals surface area contributed by atoms with E-state index in [2.05, 4.69) is 17.2 Å². The van der Waals surface area contributed by atoms with Crippen LogP contribution in [0, 0.1) is 5.92 Å². The number of hydrogen-bond acceptors (Lipinski definition) is 4. The third-order valence-electron chi connectivity index (χ3n) is 5.11. The predicted molar refractivity (Wildman–Crippen MR) is 107 cm³/mol. The normalized spacial score (nSPS) is 14.5. The Morgan fingerprint density at radius 1 is 1.18 bits per heavy atom. The van der Waals surface area contributed by atoms with E-state index in [9.17, 15) is 9.59 Å². The molecule has 6 heteroatoms. The first kappa shape index (κ1) is 19.9. The lowest BCUT2D eigenvalue weighted by atomic mass is 9.96. The number of aromatic nitrogens is 1. The van der Waals surface area contributed by atoms with Gasteiger partial charge in [-0.2, -0.15) is 0 Å². The van der Waals surface area contributed by atoms with E-state index in [4.69, 9.17) is 4.74 Å². The monoisotopic (exact) mass is 381 g/mol. The highest BCUT2D eigenvalue weighted by Crippen LogP contribution is 2.19. The number of aryl methyl sites for hydroxylation is 1. The summed E-state index contributed by atoms with van der Waals surface area (Å²) in [6.45, 7) is 4.11. The second-order valence-electron chi connectivity index (χ2n) is 7.03. The maximum Gasteiger partial charge on any atom is 0.257 e. The third-order valence-corrected chi connectivity index (χ3v) is 5.11. The molecule has 28 heavy (non-hydrogen) atoms. The van der Waals surface area contributed by atoms with Crippen LogP contribution in [-0.2, 0) is 11.2 Å². The molecule has 1 aliphatic heterocycles. The molecule has 0 radical (unpaired) electrons. The first-order valence-corrected chi connectivity index (χ1v) is 9.84. The van der Waals surface area contributed by atoms with Crippen LogP contribution >= 0.6 is 0 Å². The predicted octanol–water partition coefficient (Wildman–Crippen LogP) is 2.69. The lowest BCUT2D eigenvalue weighted by Gasteiger charge is -2.32. The van der Waals surface area contributed by atoms with Gasteiger partial charge in [0.1, 0.15) is 5.75 Å². The summed E-state index contributed by atoms with van der Waals surface area (Å²) in [5, 5.41) is 2.96. The Kier molecular flexibility index (Phi) is 7.00. The summed E-state index contributed by atoms with van der Waals surface area (Å²) in [6.07, 6.45) is 5.90. The highest BCUT2D eigenvalue weighted by Gasteiger charge is 2.24. The number of ether oxygens (including phenoxy) is 1. The van der Waals surface area contributed by atoms with Crippen molar-refractivity contribution in [1.82, 2.24) is 15.2 Å². The second-order valence-corrected chi connectivity index (χ2v) is 7.03. The van der Waals surface area contributed by atoms with Gasteiger partial charge in [0.05, 0.1) is 5.56 Å². The molecule has 1 aromatic carbocycles. The van der Waals surface area contributed by atoms with Gasteiger partial charge in [-0.1, -0.05) is 25.1 Å². The molecule has 2 aromatic rings. The van der Waals surface area contributed by atoms with Crippen LogP contribution in [0.1, 0.15) is 35.7 Å². The average Bonchev–Trinajstić information content (AvgIpc) is 2.77. The van der Waals surface area contributed by atoms with Crippen LogP contribution in [0.4, 0.5) is 0 Å². The van der Waals surface area contributed by atoms with Gasteiger partial charge in [-0.25, -0.2) is 0 Å². The largest absolute Gasteiger partial charge is 0.483 e. The Morgan fingerprint density at radius 2 is 1.96 bits per heavy atom. The number of nitrogens with one attached hydrogen (secondary N) is 1. The minimum atomic E-state index is -0.111. The van der Waals surface area contributed by atoms with Crippen molar-refractivity contribution in [3.05, 3.63) is 59.9 Å². The zero-order valence-electron chi connectivity index (χ0n) is 16.3. The lowest BCUT2D eigenvalue weighted by Crippen LogP contribution is -2.42. The summed E-state index contributed by atoms with van der Waals surface area (Å²) >= 11 is 0. The van der Waals surface area contributed by atoms with Crippen molar-refractivity contribution in [2.24, 2.45) is 5.92 Å². The molecule has 0 bridgehead atoms.